The van der Waals surface area contributed by atoms with Crippen LogP contribution in [0.5, 0.6) is 0 Å². The van der Waals surface area contributed by atoms with Crippen LogP contribution in [-0.2, 0) is 10.3 Å². The normalized spacial score (nSPS) is 21.9. The van der Waals surface area contributed by atoms with Crippen molar-refractivity contribution in [2.24, 2.45) is 0 Å². The second-order valence-corrected chi connectivity index (χ2v) is 5.24. The lowest BCUT2D eigenvalue weighted by Gasteiger charge is -2.32. The van der Waals surface area contributed by atoms with Crippen LogP contribution in [0.3, 0.4) is 0 Å². The van der Waals surface area contributed by atoms with Crippen LogP contribution in [0.2, 0.25) is 0 Å². The van der Waals surface area contributed by atoms with Gasteiger partial charge in [0.1, 0.15) is 5.54 Å². The molecule has 0 radical (unpaired) electrons. The zero-order valence-corrected chi connectivity index (χ0v) is 12.0. The molecule has 0 aliphatic carbocycles. The summed E-state index contributed by atoms with van der Waals surface area (Å²) in [5.74, 6) is -0.302. The van der Waals surface area contributed by atoms with Gasteiger partial charge < -0.3 is 4.90 Å². The number of nitrogens with zero attached hydrogens (tertiary/aromatic N) is 3. The van der Waals surface area contributed by atoms with Gasteiger partial charge in [-0.3, -0.25) is 20.1 Å². The van der Waals surface area contributed by atoms with Crippen LogP contribution in [0.25, 0.3) is 11.0 Å². The molecule has 2 aromatic rings. The maximum Gasteiger partial charge on any atom is 0.325 e. The van der Waals surface area contributed by atoms with Crippen molar-refractivity contribution in [2.75, 3.05) is 6.54 Å². The van der Waals surface area contributed by atoms with Crippen LogP contribution < -0.4 is 5.32 Å². The van der Waals surface area contributed by atoms with E-state index in [1.165, 1.54) is 0 Å². The number of carbonyl (C=O) groups is 2. The van der Waals surface area contributed by atoms with Crippen molar-refractivity contribution in [2.45, 2.75) is 25.8 Å². The smallest absolute Gasteiger partial charge is 0.306 e. The molecular weight excluding hydrogens is 268 g/mol. The highest BCUT2D eigenvalue weighted by atomic mass is 16.2. The van der Waals surface area contributed by atoms with E-state index in [-0.39, 0.29) is 11.9 Å². The molecule has 1 fully saturated rings. The van der Waals surface area contributed by atoms with Gasteiger partial charge in [-0.2, -0.15) is 0 Å². The number of aromatic nitrogens is 2. The highest BCUT2D eigenvalue weighted by molar-refractivity contribution is 6.07. The first kappa shape index (κ1) is 13.5. The summed E-state index contributed by atoms with van der Waals surface area (Å²) in [6, 6.07) is 5.13. The minimum atomic E-state index is -1.00. The van der Waals surface area contributed by atoms with E-state index in [0.29, 0.717) is 12.1 Å². The molecular formula is C15H16N4O2. The predicted molar refractivity (Wildman–Crippen MR) is 77.4 cm³/mol. The number of hydrogen-bond acceptors (Lipinski definition) is 4. The number of urea groups is 1. The van der Waals surface area contributed by atoms with Crippen molar-refractivity contribution < 1.29 is 9.59 Å². The van der Waals surface area contributed by atoms with Crippen LogP contribution in [0, 0.1) is 0 Å². The minimum Gasteiger partial charge on any atom is -0.306 e. The molecule has 21 heavy (non-hydrogen) atoms. The molecule has 0 spiro atoms. The minimum absolute atomic E-state index is 0.302. The summed E-state index contributed by atoms with van der Waals surface area (Å²) in [5.41, 5.74) is 1.21. The first-order chi connectivity index (χ1) is 10.1. The quantitative estimate of drug-likeness (QED) is 0.872. The summed E-state index contributed by atoms with van der Waals surface area (Å²) in [6.07, 6.45) is 4.01. The fraction of sp³-hybridized carbons (Fsp3) is 0.333. The van der Waals surface area contributed by atoms with Gasteiger partial charge in [0, 0.05) is 18.9 Å². The number of rotatable bonds is 3. The summed E-state index contributed by atoms with van der Waals surface area (Å²) < 4.78 is 0. The SMILES string of the molecule is CCCN1C(=O)NC(=O)C1(C)c1ccc2nccnc2c1. The lowest BCUT2D eigenvalue weighted by molar-refractivity contribution is -0.126. The average molecular weight is 284 g/mol. The molecule has 6 heteroatoms. The Hall–Kier alpha value is -2.50. The van der Waals surface area contributed by atoms with Crippen LogP contribution in [0.4, 0.5) is 4.79 Å². The summed E-state index contributed by atoms with van der Waals surface area (Å²) in [7, 11) is 0. The Labute approximate surface area is 122 Å². The average Bonchev–Trinajstić information content (AvgIpc) is 2.71. The summed E-state index contributed by atoms with van der Waals surface area (Å²) in [5, 5.41) is 2.40. The number of amides is 3. The summed E-state index contributed by atoms with van der Waals surface area (Å²) >= 11 is 0. The molecule has 1 atom stereocenters. The monoisotopic (exact) mass is 284 g/mol. The van der Waals surface area contributed by atoms with Crippen molar-refractivity contribution in [1.29, 1.82) is 0 Å². The van der Waals surface area contributed by atoms with E-state index in [1.807, 2.05) is 25.1 Å². The van der Waals surface area contributed by atoms with Crippen LogP contribution in [0.1, 0.15) is 25.8 Å². The predicted octanol–water partition coefficient (Wildman–Crippen LogP) is 1.81. The zero-order chi connectivity index (χ0) is 15.0. The Bertz CT molecular complexity index is 730. The third-order valence-electron chi connectivity index (χ3n) is 3.93. The molecule has 108 valence electrons. The second-order valence-electron chi connectivity index (χ2n) is 5.24. The first-order valence-electron chi connectivity index (χ1n) is 6.91. The third kappa shape index (κ3) is 1.94. The van der Waals surface area contributed by atoms with Crippen LogP contribution in [-0.4, -0.2) is 33.4 Å². The lowest BCUT2D eigenvalue weighted by atomic mass is 9.90. The molecule has 1 aliphatic rings. The van der Waals surface area contributed by atoms with Gasteiger partial charge in [-0.25, -0.2) is 4.79 Å². The van der Waals surface area contributed by atoms with Gasteiger partial charge in [-0.05, 0) is 31.0 Å². The van der Waals surface area contributed by atoms with Crippen molar-refractivity contribution >= 4 is 23.0 Å². The zero-order valence-electron chi connectivity index (χ0n) is 12.0. The number of hydrogen-bond donors (Lipinski definition) is 1. The largest absolute Gasteiger partial charge is 0.325 e. The van der Waals surface area contributed by atoms with E-state index in [1.54, 1.807) is 24.2 Å². The molecule has 1 unspecified atom stereocenters. The maximum atomic E-state index is 12.3. The summed E-state index contributed by atoms with van der Waals surface area (Å²) in [4.78, 5) is 34.4. The Morgan fingerprint density at radius 2 is 1.90 bits per heavy atom. The highest BCUT2D eigenvalue weighted by Crippen LogP contribution is 2.34. The van der Waals surface area contributed by atoms with E-state index in [2.05, 4.69) is 15.3 Å². The molecule has 0 bridgehead atoms. The molecule has 0 saturated carbocycles. The number of carbonyl (C=O) groups excluding carboxylic acids is 2. The van der Waals surface area contributed by atoms with Gasteiger partial charge in [0.2, 0.25) is 0 Å². The number of benzene rings is 1. The van der Waals surface area contributed by atoms with Crippen molar-refractivity contribution in [1.82, 2.24) is 20.2 Å². The molecule has 3 amide bonds. The van der Waals surface area contributed by atoms with E-state index >= 15 is 0 Å². The maximum absolute atomic E-state index is 12.3. The number of nitrogens with one attached hydrogen (secondary N) is 1. The molecule has 1 aromatic carbocycles. The highest BCUT2D eigenvalue weighted by Gasteiger charge is 2.50. The van der Waals surface area contributed by atoms with Crippen LogP contribution >= 0.6 is 0 Å². The standard InChI is InChI=1S/C15H16N4O2/c1-3-8-19-14(21)18-13(20)15(19,2)10-4-5-11-12(9-10)17-7-6-16-11/h4-7,9H,3,8H2,1-2H3,(H,18,20,21). The Kier molecular flexibility index (Phi) is 3.08. The number of fused-ring (bicyclic) bond motifs is 1. The Morgan fingerprint density at radius 3 is 2.62 bits per heavy atom. The fourth-order valence-electron chi connectivity index (χ4n) is 2.71. The third-order valence-corrected chi connectivity index (χ3v) is 3.93. The fourth-order valence-corrected chi connectivity index (χ4v) is 2.71. The van der Waals surface area contributed by atoms with Gasteiger partial charge in [-0.15, -0.1) is 0 Å². The van der Waals surface area contributed by atoms with E-state index in [0.717, 1.165) is 17.5 Å². The van der Waals surface area contributed by atoms with Crippen molar-refractivity contribution in [3.8, 4) is 0 Å². The van der Waals surface area contributed by atoms with Crippen molar-refractivity contribution in [3.05, 3.63) is 36.2 Å². The Balaban J connectivity index is 2.13. The van der Waals surface area contributed by atoms with Gasteiger partial charge in [0.05, 0.1) is 11.0 Å². The van der Waals surface area contributed by atoms with Gasteiger partial charge in [0.25, 0.3) is 5.91 Å². The number of imide groups is 1. The summed E-state index contributed by atoms with van der Waals surface area (Å²) in [6.45, 7) is 4.26. The topological polar surface area (TPSA) is 75.2 Å². The molecule has 1 saturated heterocycles. The van der Waals surface area contributed by atoms with Crippen molar-refractivity contribution in [3.63, 3.8) is 0 Å². The van der Waals surface area contributed by atoms with E-state index < -0.39 is 5.54 Å². The Morgan fingerprint density at radius 1 is 1.19 bits per heavy atom. The lowest BCUT2D eigenvalue weighted by Crippen LogP contribution is -2.44. The van der Waals surface area contributed by atoms with Crippen LogP contribution in [0.15, 0.2) is 30.6 Å². The van der Waals surface area contributed by atoms with Gasteiger partial charge in [0.15, 0.2) is 0 Å². The second kappa shape index (κ2) is 4.80. The first-order valence-corrected chi connectivity index (χ1v) is 6.91. The molecule has 1 N–H and O–H groups in total. The molecule has 1 aromatic heterocycles. The van der Waals surface area contributed by atoms with E-state index in [4.69, 9.17) is 0 Å². The van der Waals surface area contributed by atoms with Gasteiger partial charge in [-0.1, -0.05) is 13.0 Å². The molecule has 2 heterocycles. The molecule has 6 nitrogen and oxygen atoms in total. The molecule has 3 rings (SSSR count). The molecule has 1 aliphatic heterocycles. The van der Waals surface area contributed by atoms with E-state index in [9.17, 15) is 9.59 Å². The van der Waals surface area contributed by atoms with Gasteiger partial charge >= 0.3 is 6.03 Å².